The first-order valence-corrected chi connectivity index (χ1v) is 7.13. The molecule has 0 saturated heterocycles. The lowest BCUT2D eigenvalue weighted by Crippen LogP contribution is -2.35. The van der Waals surface area contributed by atoms with Crippen molar-refractivity contribution < 1.29 is 19.0 Å². The molecule has 5 nitrogen and oxygen atoms in total. The van der Waals surface area contributed by atoms with E-state index in [2.05, 4.69) is 24.1 Å². The fourth-order valence-corrected chi connectivity index (χ4v) is 2.36. The Balaban J connectivity index is 2.05. The van der Waals surface area contributed by atoms with E-state index in [9.17, 15) is 4.79 Å². The molecule has 0 amide bonds. The smallest absolute Gasteiger partial charge is 0.330 e. The number of hydrogen-bond donors (Lipinski definition) is 0. The van der Waals surface area contributed by atoms with E-state index in [4.69, 9.17) is 14.2 Å². The summed E-state index contributed by atoms with van der Waals surface area (Å²) in [4.78, 5) is 13.1. The molecule has 1 aromatic carbocycles. The van der Waals surface area contributed by atoms with E-state index in [-0.39, 0.29) is 0 Å². The first kappa shape index (κ1) is 16.1. The molecular weight excluding hydrogens is 282 g/mol. The van der Waals surface area contributed by atoms with Crippen molar-refractivity contribution in [1.29, 1.82) is 0 Å². The van der Waals surface area contributed by atoms with Crippen molar-refractivity contribution in [3.05, 3.63) is 48.6 Å². The molecular formula is C17H21NO4. The minimum absolute atomic E-state index is 0.313. The highest BCUT2D eigenvalue weighted by atomic mass is 16.5. The van der Waals surface area contributed by atoms with E-state index in [0.29, 0.717) is 19.9 Å². The minimum Gasteiger partial charge on any atom is -0.493 e. The molecule has 118 valence electrons. The third kappa shape index (κ3) is 3.89. The Morgan fingerprint density at radius 3 is 2.95 bits per heavy atom. The summed E-state index contributed by atoms with van der Waals surface area (Å²) in [5.41, 5.74) is 2.20. The fourth-order valence-electron chi connectivity index (χ4n) is 2.36. The van der Waals surface area contributed by atoms with Crippen molar-refractivity contribution in [2.24, 2.45) is 0 Å². The largest absolute Gasteiger partial charge is 0.493 e. The van der Waals surface area contributed by atoms with E-state index in [0.717, 1.165) is 41.7 Å². The monoisotopic (exact) mass is 303 g/mol. The number of allylic oxidation sites excluding steroid dienone is 1. The zero-order valence-corrected chi connectivity index (χ0v) is 12.8. The molecule has 0 atom stereocenters. The standard InChI is InChI=1S/C17H21NO4/c1-4-6-13-9-14-11-18(7-8-21-16(19)5-2)12-22-17(14)15(10-13)20-3/h4-5,9-10H,1-2,6-8,11-12H2,3H3. The second kappa shape index (κ2) is 7.66. The molecule has 0 saturated carbocycles. The molecule has 1 heterocycles. The Bertz CT molecular complexity index is 568. The van der Waals surface area contributed by atoms with Crippen LogP contribution in [-0.4, -0.2) is 37.9 Å². The number of esters is 1. The van der Waals surface area contributed by atoms with Crippen molar-refractivity contribution in [2.75, 3.05) is 27.0 Å². The molecule has 22 heavy (non-hydrogen) atoms. The summed E-state index contributed by atoms with van der Waals surface area (Å²) in [5, 5.41) is 0. The molecule has 1 aromatic rings. The predicted molar refractivity (Wildman–Crippen MR) is 84.0 cm³/mol. The Kier molecular flexibility index (Phi) is 5.61. The van der Waals surface area contributed by atoms with Crippen molar-refractivity contribution in [3.8, 4) is 11.5 Å². The number of benzene rings is 1. The zero-order valence-electron chi connectivity index (χ0n) is 12.8. The molecule has 2 rings (SSSR count). The number of rotatable bonds is 7. The Morgan fingerprint density at radius 1 is 1.45 bits per heavy atom. The average molecular weight is 303 g/mol. The Labute approximate surface area is 130 Å². The van der Waals surface area contributed by atoms with Crippen LogP contribution in [0.2, 0.25) is 0 Å². The van der Waals surface area contributed by atoms with Crippen LogP contribution < -0.4 is 9.47 Å². The van der Waals surface area contributed by atoms with Gasteiger partial charge in [0.05, 0.1) is 7.11 Å². The SMILES string of the molecule is C=CCc1cc2c(c(OC)c1)OCN(CCOC(=O)C=C)C2. The van der Waals surface area contributed by atoms with Gasteiger partial charge in [0.25, 0.3) is 0 Å². The lowest BCUT2D eigenvalue weighted by Gasteiger charge is -2.30. The molecule has 0 radical (unpaired) electrons. The quantitative estimate of drug-likeness (QED) is 0.439. The van der Waals surface area contributed by atoms with Crippen LogP contribution in [0.4, 0.5) is 0 Å². The summed E-state index contributed by atoms with van der Waals surface area (Å²) in [6.45, 7) is 9.21. The summed E-state index contributed by atoms with van der Waals surface area (Å²) < 4.78 is 16.2. The maximum Gasteiger partial charge on any atom is 0.330 e. The van der Waals surface area contributed by atoms with Gasteiger partial charge in [-0.1, -0.05) is 18.7 Å². The molecule has 1 aliphatic heterocycles. The van der Waals surface area contributed by atoms with Gasteiger partial charge >= 0.3 is 5.97 Å². The highest BCUT2D eigenvalue weighted by molar-refractivity contribution is 5.81. The van der Waals surface area contributed by atoms with Gasteiger partial charge < -0.3 is 14.2 Å². The van der Waals surface area contributed by atoms with Crippen molar-refractivity contribution in [1.82, 2.24) is 4.90 Å². The Morgan fingerprint density at radius 2 is 2.27 bits per heavy atom. The van der Waals surface area contributed by atoms with Crippen molar-refractivity contribution >= 4 is 5.97 Å². The molecule has 0 aromatic heterocycles. The van der Waals surface area contributed by atoms with Gasteiger partial charge in [0, 0.05) is 24.7 Å². The Hall–Kier alpha value is -2.27. The lowest BCUT2D eigenvalue weighted by molar-refractivity contribution is -0.138. The van der Waals surface area contributed by atoms with Gasteiger partial charge in [-0.15, -0.1) is 6.58 Å². The third-order valence-electron chi connectivity index (χ3n) is 3.40. The van der Waals surface area contributed by atoms with Gasteiger partial charge in [0.2, 0.25) is 0 Å². The number of methoxy groups -OCH3 is 1. The van der Waals surface area contributed by atoms with E-state index in [1.807, 2.05) is 12.1 Å². The molecule has 0 fully saturated rings. The number of hydrogen-bond acceptors (Lipinski definition) is 5. The molecule has 0 unspecified atom stereocenters. The number of fused-ring (bicyclic) bond motifs is 1. The summed E-state index contributed by atoms with van der Waals surface area (Å²) in [7, 11) is 1.64. The molecule has 0 spiro atoms. The predicted octanol–water partition coefficient (Wildman–Crippen LogP) is 2.30. The van der Waals surface area contributed by atoms with Gasteiger partial charge in [-0.25, -0.2) is 4.79 Å². The van der Waals surface area contributed by atoms with Crippen LogP contribution in [0.5, 0.6) is 11.5 Å². The molecule has 0 aliphatic carbocycles. The second-order valence-electron chi connectivity index (χ2n) is 4.98. The first-order chi connectivity index (χ1) is 10.7. The topological polar surface area (TPSA) is 48.0 Å². The summed E-state index contributed by atoms with van der Waals surface area (Å²) >= 11 is 0. The zero-order chi connectivity index (χ0) is 15.9. The summed E-state index contributed by atoms with van der Waals surface area (Å²) in [6.07, 6.45) is 3.80. The first-order valence-electron chi connectivity index (χ1n) is 7.13. The highest BCUT2D eigenvalue weighted by Crippen LogP contribution is 2.36. The van der Waals surface area contributed by atoms with Gasteiger partial charge in [-0.3, -0.25) is 4.90 Å². The van der Waals surface area contributed by atoms with Crippen LogP contribution in [0.15, 0.2) is 37.4 Å². The molecule has 0 bridgehead atoms. The van der Waals surface area contributed by atoms with Gasteiger partial charge in [0.1, 0.15) is 13.3 Å². The fraction of sp³-hybridized carbons (Fsp3) is 0.353. The molecule has 0 N–H and O–H groups in total. The van der Waals surface area contributed by atoms with Gasteiger partial charge in [-0.2, -0.15) is 0 Å². The van der Waals surface area contributed by atoms with Gasteiger partial charge in [0.15, 0.2) is 11.5 Å². The number of nitrogens with zero attached hydrogens (tertiary/aromatic N) is 1. The van der Waals surface area contributed by atoms with Gasteiger partial charge in [-0.05, 0) is 18.1 Å². The summed E-state index contributed by atoms with van der Waals surface area (Å²) in [5.74, 6) is 1.12. The van der Waals surface area contributed by atoms with Crippen LogP contribution in [0.1, 0.15) is 11.1 Å². The lowest BCUT2D eigenvalue weighted by atomic mass is 10.0. The van der Waals surface area contributed by atoms with Crippen LogP contribution >= 0.6 is 0 Å². The third-order valence-corrected chi connectivity index (χ3v) is 3.40. The van der Waals surface area contributed by atoms with Crippen molar-refractivity contribution in [3.63, 3.8) is 0 Å². The van der Waals surface area contributed by atoms with E-state index in [1.165, 1.54) is 0 Å². The van der Waals surface area contributed by atoms with E-state index in [1.54, 1.807) is 7.11 Å². The van der Waals surface area contributed by atoms with Crippen LogP contribution in [0.25, 0.3) is 0 Å². The van der Waals surface area contributed by atoms with E-state index < -0.39 is 5.97 Å². The number of carbonyl (C=O) groups is 1. The van der Waals surface area contributed by atoms with Crippen LogP contribution in [0, 0.1) is 0 Å². The minimum atomic E-state index is -0.409. The maximum absolute atomic E-state index is 11.0. The maximum atomic E-state index is 11.0. The summed E-state index contributed by atoms with van der Waals surface area (Å²) in [6, 6.07) is 4.07. The number of carbonyl (C=O) groups excluding carboxylic acids is 1. The van der Waals surface area contributed by atoms with Crippen LogP contribution in [-0.2, 0) is 22.5 Å². The average Bonchev–Trinajstić information content (AvgIpc) is 2.53. The van der Waals surface area contributed by atoms with Crippen molar-refractivity contribution in [2.45, 2.75) is 13.0 Å². The van der Waals surface area contributed by atoms with E-state index >= 15 is 0 Å². The second-order valence-corrected chi connectivity index (χ2v) is 4.98. The molecule has 1 aliphatic rings. The normalized spacial score (nSPS) is 13.7. The highest BCUT2D eigenvalue weighted by Gasteiger charge is 2.21. The molecule has 5 heteroatoms. The van der Waals surface area contributed by atoms with Crippen LogP contribution in [0.3, 0.4) is 0 Å². The number of ether oxygens (including phenoxy) is 3.